The molecule has 1 N–H and O–H groups in total. The number of carboxylic acids is 1. The summed E-state index contributed by atoms with van der Waals surface area (Å²) >= 11 is 0. The monoisotopic (exact) mass is 310 g/mol. The van der Waals surface area contributed by atoms with Crippen molar-refractivity contribution in [3.05, 3.63) is 70.3 Å². The van der Waals surface area contributed by atoms with Gasteiger partial charge in [-0.1, -0.05) is 36.4 Å². The van der Waals surface area contributed by atoms with E-state index in [1.54, 1.807) is 12.1 Å². The van der Waals surface area contributed by atoms with Crippen LogP contribution in [0.25, 0.3) is 0 Å². The molecule has 23 heavy (non-hydrogen) atoms. The molecule has 2 aromatic rings. The molecule has 0 bridgehead atoms. The normalized spacial score (nSPS) is 14.2. The van der Waals surface area contributed by atoms with Crippen LogP contribution in [0.1, 0.15) is 32.6 Å². The maximum absolute atomic E-state index is 11.3. The summed E-state index contributed by atoms with van der Waals surface area (Å²) in [5.41, 5.74) is 5.33. The van der Waals surface area contributed by atoms with E-state index in [0.29, 0.717) is 12.1 Å². The van der Waals surface area contributed by atoms with Crippen LogP contribution in [0.4, 0.5) is 0 Å². The standard InChI is InChI=1S/C19H22N2O2/c1-20(12-16-5-3-4-6-18(16)19(22)23)10-14-7-8-15-11-21(2)13-17(15)9-14/h3-9H,10-13H2,1-2H3,(H,22,23). The molecule has 0 radical (unpaired) electrons. The van der Waals surface area contributed by atoms with E-state index in [0.717, 1.165) is 25.2 Å². The van der Waals surface area contributed by atoms with Crippen LogP contribution < -0.4 is 0 Å². The number of benzene rings is 2. The van der Waals surface area contributed by atoms with Crippen molar-refractivity contribution in [3.8, 4) is 0 Å². The SMILES string of the molecule is CN1Cc2ccc(CN(C)Cc3ccccc3C(=O)O)cc2C1. The number of rotatable bonds is 5. The number of carboxylic acid groups (broad SMARTS) is 1. The molecule has 2 aromatic carbocycles. The Hall–Kier alpha value is -2.17. The van der Waals surface area contributed by atoms with Crippen LogP contribution in [0.15, 0.2) is 42.5 Å². The maximum atomic E-state index is 11.3. The molecule has 1 aliphatic heterocycles. The average Bonchev–Trinajstić information content (AvgIpc) is 2.86. The first-order valence-corrected chi connectivity index (χ1v) is 7.82. The number of nitrogens with zero attached hydrogens (tertiary/aromatic N) is 2. The van der Waals surface area contributed by atoms with Crippen LogP contribution in [0, 0.1) is 0 Å². The molecule has 3 rings (SSSR count). The topological polar surface area (TPSA) is 43.8 Å². The third kappa shape index (κ3) is 3.60. The Balaban J connectivity index is 1.70. The van der Waals surface area contributed by atoms with Gasteiger partial charge in [0.2, 0.25) is 0 Å². The molecule has 0 spiro atoms. The number of aromatic carboxylic acids is 1. The molecule has 4 heteroatoms. The minimum atomic E-state index is -0.866. The summed E-state index contributed by atoms with van der Waals surface area (Å²) in [4.78, 5) is 15.8. The molecule has 0 aromatic heterocycles. The van der Waals surface area contributed by atoms with Gasteiger partial charge in [0.15, 0.2) is 0 Å². The zero-order valence-corrected chi connectivity index (χ0v) is 13.6. The molecule has 120 valence electrons. The van der Waals surface area contributed by atoms with Gasteiger partial charge in [0.25, 0.3) is 0 Å². The molecular weight excluding hydrogens is 288 g/mol. The predicted octanol–water partition coefficient (Wildman–Crippen LogP) is 2.96. The highest BCUT2D eigenvalue weighted by Crippen LogP contribution is 2.23. The van der Waals surface area contributed by atoms with Gasteiger partial charge < -0.3 is 5.11 Å². The number of hydrogen-bond donors (Lipinski definition) is 1. The summed E-state index contributed by atoms with van der Waals surface area (Å²) in [5, 5.41) is 9.28. The molecule has 0 atom stereocenters. The van der Waals surface area contributed by atoms with Gasteiger partial charge in [-0.2, -0.15) is 0 Å². The van der Waals surface area contributed by atoms with Crippen molar-refractivity contribution < 1.29 is 9.90 Å². The van der Waals surface area contributed by atoms with Crippen molar-refractivity contribution in [1.29, 1.82) is 0 Å². The van der Waals surface area contributed by atoms with Gasteiger partial charge >= 0.3 is 5.97 Å². The van der Waals surface area contributed by atoms with Crippen LogP contribution in [0.3, 0.4) is 0 Å². The summed E-state index contributed by atoms with van der Waals surface area (Å²) in [6.45, 7) is 3.47. The van der Waals surface area contributed by atoms with Crippen LogP contribution >= 0.6 is 0 Å². The fraction of sp³-hybridized carbons (Fsp3) is 0.316. The van der Waals surface area contributed by atoms with Gasteiger partial charge in [0.1, 0.15) is 0 Å². The van der Waals surface area contributed by atoms with Gasteiger partial charge in [-0.05, 0) is 42.4 Å². The Labute approximate surface area is 137 Å². The lowest BCUT2D eigenvalue weighted by Gasteiger charge is -2.18. The molecule has 4 nitrogen and oxygen atoms in total. The minimum Gasteiger partial charge on any atom is -0.478 e. The highest BCUT2D eigenvalue weighted by Gasteiger charge is 2.16. The second-order valence-corrected chi connectivity index (χ2v) is 6.41. The molecule has 0 saturated carbocycles. The largest absolute Gasteiger partial charge is 0.478 e. The maximum Gasteiger partial charge on any atom is 0.336 e. The van der Waals surface area contributed by atoms with E-state index < -0.39 is 5.97 Å². The smallest absolute Gasteiger partial charge is 0.336 e. The number of hydrogen-bond acceptors (Lipinski definition) is 3. The van der Waals surface area contributed by atoms with Gasteiger partial charge in [0, 0.05) is 26.2 Å². The highest BCUT2D eigenvalue weighted by molar-refractivity contribution is 5.89. The van der Waals surface area contributed by atoms with Crippen LogP contribution in [-0.2, 0) is 26.2 Å². The molecule has 0 fully saturated rings. The Bertz CT molecular complexity index is 727. The highest BCUT2D eigenvalue weighted by atomic mass is 16.4. The summed E-state index contributed by atoms with van der Waals surface area (Å²) in [5.74, 6) is -0.866. The second-order valence-electron chi connectivity index (χ2n) is 6.41. The molecule has 0 saturated heterocycles. The van der Waals surface area contributed by atoms with Gasteiger partial charge in [0.05, 0.1) is 5.56 Å². The fourth-order valence-corrected chi connectivity index (χ4v) is 3.24. The van der Waals surface area contributed by atoms with E-state index in [9.17, 15) is 9.90 Å². The quantitative estimate of drug-likeness (QED) is 0.922. The van der Waals surface area contributed by atoms with E-state index >= 15 is 0 Å². The summed E-state index contributed by atoms with van der Waals surface area (Å²) in [6, 6.07) is 13.9. The van der Waals surface area contributed by atoms with Crippen molar-refractivity contribution in [2.24, 2.45) is 0 Å². The van der Waals surface area contributed by atoms with E-state index in [4.69, 9.17) is 0 Å². The van der Waals surface area contributed by atoms with Crippen molar-refractivity contribution in [1.82, 2.24) is 9.80 Å². The molecule has 0 amide bonds. The fourth-order valence-electron chi connectivity index (χ4n) is 3.24. The van der Waals surface area contributed by atoms with Gasteiger partial charge in [-0.25, -0.2) is 4.79 Å². The molecule has 0 unspecified atom stereocenters. The van der Waals surface area contributed by atoms with E-state index in [-0.39, 0.29) is 0 Å². The van der Waals surface area contributed by atoms with Gasteiger partial charge in [-0.3, -0.25) is 9.80 Å². The third-order valence-corrected chi connectivity index (χ3v) is 4.29. The first-order chi connectivity index (χ1) is 11.0. The molecule has 1 heterocycles. The first-order valence-electron chi connectivity index (χ1n) is 7.82. The van der Waals surface area contributed by atoms with Gasteiger partial charge in [-0.15, -0.1) is 0 Å². The first kappa shape index (κ1) is 15.7. The van der Waals surface area contributed by atoms with Crippen LogP contribution in [-0.4, -0.2) is 35.0 Å². The predicted molar refractivity (Wildman–Crippen MR) is 90.2 cm³/mol. The zero-order chi connectivity index (χ0) is 16.4. The zero-order valence-electron chi connectivity index (χ0n) is 13.6. The Morgan fingerprint density at radius 3 is 2.65 bits per heavy atom. The lowest BCUT2D eigenvalue weighted by Crippen LogP contribution is -2.19. The lowest BCUT2D eigenvalue weighted by atomic mass is 10.0. The molecule has 0 aliphatic carbocycles. The van der Waals surface area contributed by atoms with Crippen LogP contribution in [0.5, 0.6) is 0 Å². The molecular formula is C19H22N2O2. The van der Waals surface area contributed by atoms with E-state index in [2.05, 4.69) is 35.0 Å². The van der Waals surface area contributed by atoms with Crippen molar-refractivity contribution in [3.63, 3.8) is 0 Å². The van der Waals surface area contributed by atoms with Crippen molar-refractivity contribution in [2.45, 2.75) is 26.2 Å². The Morgan fingerprint density at radius 1 is 1.13 bits per heavy atom. The summed E-state index contributed by atoms with van der Waals surface area (Å²) < 4.78 is 0. The van der Waals surface area contributed by atoms with Crippen molar-refractivity contribution >= 4 is 5.97 Å². The third-order valence-electron chi connectivity index (χ3n) is 4.29. The van der Waals surface area contributed by atoms with E-state index in [1.165, 1.54) is 16.7 Å². The average molecular weight is 310 g/mol. The lowest BCUT2D eigenvalue weighted by molar-refractivity contribution is 0.0694. The van der Waals surface area contributed by atoms with Crippen molar-refractivity contribution in [2.75, 3.05) is 14.1 Å². The second kappa shape index (κ2) is 6.52. The minimum absolute atomic E-state index is 0.384. The summed E-state index contributed by atoms with van der Waals surface area (Å²) in [6.07, 6.45) is 0. The Kier molecular flexibility index (Phi) is 4.46. The Morgan fingerprint density at radius 2 is 1.87 bits per heavy atom. The number of fused-ring (bicyclic) bond motifs is 1. The summed E-state index contributed by atoms with van der Waals surface area (Å²) in [7, 11) is 4.16. The molecule has 1 aliphatic rings. The van der Waals surface area contributed by atoms with Crippen LogP contribution in [0.2, 0.25) is 0 Å². The van der Waals surface area contributed by atoms with E-state index in [1.807, 2.05) is 19.2 Å². The number of carbonyl (C=O) groups is 1.